The van der Waals surface area contributed by atoms with Crippen molar-refractivity contribution in [3.8, 4) is 11.8 Å². The fraction of sp³-hybridized carbons (Fsp3) is 0.125. The van der Waals surface area contributed by atoms with Crippen molar-refractivity contribution in [2.24, 2.45) is 0 Å². The first-order valence-corrected chi connectivity index (χ1v) is 10.4. The summed E-state index contributed by atoms with van der Waals surface area (Å²) in [5.41, 5.74) is 5.93. The minimum absolute atomic E-state index is 0.487. The Morgan fingerprint density at radius 1 is 0.964 bits per heavy atom. The topological polar surface area (TPSA) is 33.0 Å². The Balaban J connectivity index is 1.84. The van der Waals surface area contributed by atoms with Crippen molar-refractivity contribution in [2.45, 2.75) is 20.5 Å². The monoisotopic (exact) mass is 495 g/mol. The lowest BCUT2D eigenvalue weighted by Crippen LogP contribution is -1.97. The van der Waals surface area contributed by atoms with Crippen LogP contribution in [0.25, 0.3) is 11.6 Å². The standard InChI is InChI=1S/C24H19Br2NO/c1-16-6-8-20(9-7-16)21(14-27)11-19-12-22(25)24(23(26)13-19)28-15-18-5-3-4-17(2)10-18/h3-13H,15H2,1-2H3/b21-11-. The molecule has 0 heterocycles. The molecule has 0 saturated carbocycles. The van der Waals surface area contributed by atoms with Crippen LogP contribution in [0.4, 0.5) is 0 Å². The Morgan fingerprint density at radius 2 is 1.64 bits per heavy atom. The van der Waals surface area contributed by atoms with Crippen LogP contribution in [0.3, 0.4) is 0 Å². The summed E-state index contributed by atoms with van der Waals surface area (Å²) in [6.45, 7) is 4.58. The lowest BCUT2D eigenvalue weighted by Gasteiger charge is -2.12. The van der Waals surface area contributed by atoms with E-state index in [1.165, 1.54) is 11.1 Å². The highest BCUT2D eigenvalue weighted by Gasteiger charge is 2.10. The third-order valence-corrected chi connectivity index (χ3v) is 5.46. The molecule has 0 aliphatic heterocycles. The predicted molar refractivity (Wildman–Crippen MR) is 122 cm³/mol. The highest BCUT2D eigenvalue weighted by Crippen LogP contribution is 2.36. The van der Waals surface area contributed by atoms with Crippen LogP contribution in [0.1, 0.15) is 27.8 Å². The molecule has 0 saturated heterocycles. The largest absolute Gasteiger partial charge is 0.487 e. The summed E-state index contributed by atoms with van der Waals surface area (Å²) in [4.78, 5) is 0. The summed E-state index contributed by atoms with van der Waals surface area (Å²) in [5, 5.41) is 9.57. The fourth-order valence-corrected chi connectivity index (χ4v) is 4.29. The summed E-state index contributed by atoms with van der Waals surface area (Å²) < 4.78 is 7.68. The molecule has 0 fully saturated rings. The number of benzene rings is 3. The maximum atomic E-state index is 9.57. The average molecular weight is 497 g/mol. The Bertz CT molecular complexity index is 1040. The van der Waals surface area contributed by atoms with Crippen molar-refractivity contribution in [3.63, 3.8) is 0 Å². The van der Waals surface area contributed by atoms with Gasteiger partial charge in [-0.3, -0.25) is 0 Å². The molecule has 140 valence electrons. The van der Waals surface area contributed by atoms with Crippen LogP contribution < -0.4 is 4.74 Å². The molecule has 0 unspecified atom stereocenters. The molecule has 0 bridgehead atoms. The van der Waals surface area contributed by atoms with Crippen molar-refractivity contribution in [1.82, 2.24) is 0 Å². The quantitative estimate of drug-likeness (QED) is 0.271. The zero-order chi connectivity index (χ0) is 20.1. The van der Waals surface area contributed by atoms with Gasteiger partial charge in [-0.25, -0.2) is 0 Å². The lowest BCUT2D eigenvalue weighted by atomic mass is 10.0. The summed E-state index contributed by atoms with van der Waals surface area (Å²) in [6.07, 6.45) is 1.88. The summed E-state index contributed by atoms with van der Waals surface area (Å²) in [6, 6.07) is 22.4. The SMILES string of the molecule is Cc1ccc(/C(C#N)=C\c2cc(Br)c(OCc3cccc(C)c3)c(Br)c2)cc1. The molecule has 2 nitrogen and oxygen atoms in total. The van der Waals surface area contributed by atoms with Gasteiger partial charge >= 0.3 is 0 Å². The molecule has 3 rings (SSSR count). The first-order valence-electron chi connectivity index (χ1n) is 8.82. The predicted octanol–water partition coefficient (Wildman–Crippen LogP) is 7.47. The van der Waals surface area contributed by atoms with Crippen molar-refractivity contribution < 1.29 is 4.74 Å². The number of nitriles is 1. The number of hydrogen-bond acceptors (Lipinski definition) is 2. The van der Waals surface area contributed by atoms with Gasteiger partial charge in [-0.05, 0) is 80.6 Å². The van der Waals surface area contributed by atoms with Crippen molar-refractivity contribution in [1.29, 1.82) is 5.26 Å². The summed E-state index contributed by atoms with van der Waals surface area (Å²) in [7, 11) is 0. The molecule has 28 heavy (non-hydrogen) atoms. The molecule has 0 radical (unpaired) electrons. The minimum atomic E-state index is 0.487. The van der Waals surface area contributed by atoms with E-state index in [9.17, 15) is 5.26 Å². The average Bonchev–Trinajstić information content (AvgIpc) is 2.66. The zero-order valence-corrected chi connectivity index (χ0v) is 18.8. The number of nitrogens with zero attached hydrogens (tertiary/aromatic N) is 1. The van der Waals surface area contributed by atoms with E-state index in [-0.39, 0.29) is 0 Å². The van der Waals surface area contributed by atoms with Crippen molar-refractivity contribution in [2.75, 3.05) is 0 Å². The maximum absolute atomic E-state index is 9.57. The second kappa shape index (κ2) is 9.23. The number of hydrogen-bond donors (Lipinski definition) is 0. The third-order valence-electron chi connectivity index (χ3n) is 4.28. The van der Waals surface area contributed by atoms with Gasteiger partial charge in [0.15, 0.2) is 0 Å². The molecule has 0 spiro atoms. The molecule has 0 atom stereocenters. The van der Waals surface area contributed by atoms with E-state index in [1.54, 1.807) is 0 Å². The number of rotatable bonds is 5. The Hall–Kier alpha value is -2.35. The number of allylic oxidation sites excluding steroid dienone is 1. The molecule has 4 heteroatoms. The molecule has 0 N–H and O–H groups in total. The van der Waals surface area contributed by atoms with E-state index in [2.05, 4.69) is 57.0 Å². The number of ether oxygens (including phenoxy) is 1. The van der Waals surface area contributed by atoms with Crippen LogP contribution in [0.2, 0.25) is 0 Å². The Kier molecular flexibility index (Phi) is 6.72. The molecule has 3 aromatic carbocycles. The molecule has 0 aliphatic carbocycles. The van der Waals surface area contributed by atoms with Gasteiger partial charge in [0.2, 0.25) is 0 Å². The Labute approximate surface area is 182 Å². The summed E-state index contributed by atoms with van der Waals surface area (Å²) >= 11 is 7.19. The maximum Gasteiger partial charge on any atom is 0.148 e. The van der Waals surface area contributed by atoms with Gasteiger partial charge in [-0.2, -0.15) is 5.26 Å². The highest BCUT2D eigenvalue weighted by molar-refractivity contribution is 9.11. The van der Waals surface area contributed by atoms with E-state index >= 15 is 0 Å². The Morgan fingerprint density at radius 3 is 2.25 bits per heavy atom. The van der Waals surface area contributed by atoms with Crippen LogP contribution in [0, 0.1) is 25.2 Å². The lowest BCUT2D eigenvalue weighted by molar-refractivity contribution is 0.302. The highest BCUT2D eigenvalue weighted by atomic mass is 79.9. The van der Waals surface area contributed by atoms with Crippen LogP contribution in [0.15, 0.2) is 69.6 Å². The van der Waals surface area contributed by atoms with E-state index in [1.807, 2.05) is 61.5 Å². The first kappa shape index (κ1) is 20.4. The van der Waals surface area contributed by atoms with E-state index in [4.69, 9.17) is 4.74 Å². The van der Waals surface area contributed by atoms with E-state index in [0.717, 1.165) is 31.4 Å². The van der Waals surface area contributed by atoms with Gasteiger partial charge in [-0.15, -0.1) is 0 Å². The van der Waals surface area contributed by atoms with Crippen molar-refractivity contribution in [3.05, 3.63) is 97.4 Å². The van der Waals surface area contributed by atoms with Gasteiger partial charge in [0, 0.05) is 0 Å². The van der Waals surface area contributed by atoms with Gasteiger partial charge in [0.1, 0.15) is 12.4 Å². The fourth-order valence-electron chi connectivity index (χ4n) is 2.84. The van der Waals surface area contributed by atoms with Crippen LogP contribution >= 0.6 is 31.9 Å². The van der Waals surface area contributed by atoms with E-state index < -0.39 is 0 Å². The smallest absolute Gasteiger partial charge is 0.148 e. The van der Waals surface area contributed by atoms with Gasteiger partial charge in [-0.1, -0.05) is 59.7 Å². The van der Waals surface area contributed by atoms with Crippen LogP contribution in [0.5, 0.6) is 5.75 Å². The molecule has 3 aromatic rings. The number of aryl methyl sites for hydroxylation is 2. The van der Waals surface area contributed by atoms with Gasteiger partial charge < -0.3 is 4.74 Å². The summed E-state index contributed by atoms with van der Waals surface area (Å²) in [5.74, 6) is 0.743. The van der Waals surface area contributed by atoms with E-state index in [0.29, 0.717) is 12.2 Å². The molecule has 0 aromatic heterocycles. The van der Waals surface area contributed by atoms with Crippen LogP contribution in [-0.4, -0.2) is 0 Å². The van der Waals surface area contributed by atoms with Gasteiger partial charge in [0.05, 0.1) is 20.6 Å². The second-order valence-electron chi connectivity index (χ2n) is 6.63. The van der Waals surface area contributed by atoms with Crippen LogP contribution in [-0.2, 0) is 6.61 Å². The normalized spacial score (nSPS) is 11.2. The van der Waals surface area contributed by atoms with Crippen molar-refractivity contribution >= 4 is 43.5 Å². The molecule has 0 amide bonds. The molecule has 0 aliphatic rings. The number of halogens is 2. The second-order valence-corrected chi connectivity index (χ2v) is 8.34. The zero-order valence-electron chi connectivity index (χ0n) is 15.7. The minimum Gasteiger partial charge on any atom is -0.487 e. The first-order chi connectivity index (χ1) is 13.5. The molecular weight excluding hydrogens is 478 g/mol. The van der Waals surface area contributed by atoms with Gasteiger partial charge in [0.25, 0.3) is 0 Å². The molecular formula is C24H19Br2NO. The third kappa shape index (κ3) is 5.13.